The van der Waals surface area contributed by atoms with Crippen molar-refractivity contribution >= 4 is 40.0 Å². The highest BCUT2D eigenvalue weighted by Gasteiger charge is 2.17. The van der Waals surface area contributed by atoms with Gasteiger partial charge in [-0.1, -0.05) is 102 Å². The first-order chi connectivity index (χ1) is 17.6. The molecule has 5 rings (SSSR count). The Kier molecular flexibility index (Phi) is 7.31. The van der Waals surface area contributed by atoms with Gasteiger partial charge >= 0.3 is 0 Å². The van der Waals surface area contributed by atoms with Gasteiger partial charge in [-0.05, 0) is 47.9 Å². The molecule has 36 heavy (non-hydrogen) atoms. The molecule has 0 saturated carbocycles. The molecule has 0 spiro atoms. The number of pyridine rings is 1. The van der Waals surface area contributed by atoms with E-state index in [0.717, 1.165) is 22.9 Å². The third-order valence-electron chi connectivity index (χ3n) is 6.29. The summed E-state index contributed by atoms with van der Waals surface area (Å²) >= 11 is 12.5. The Morgan fingerprint density at radius 3 is 2.08 bits per heavy atom. The van der Waals surface area contributed by atoms with Gasteiger partial charge in [0.2, 0.25) is 0 Å². The Morgan fingerprint density at radius 1 is 0.778 bits per heavy atom. The maximum atomic E-state index is 13.4. The number of halogens is 2. The van der Waals surface area contributed by atoms with Crippen LogP contribution in [0.5, 0.6) is 0 Å². The van der Waals surface area contributed by atoms with Crippen LogP contribution in [0.2, 0.25) is 10.0 Å². The van der Waals surface area contributed by atoms with Crippen molar-refractivity contribution in [2.45, 2.75) is 12.3 Å². The first-order valence-electron chi connectivity index (χ1n) is 11.8. The van der Waals surface area contributed by atoms with Crippen LogP contribution in [0.3, 0.4) is 0 Å². The lowest BCUT2D eigenvalue weighted by molar-refractivity contribution is 0.0954. The van der Waals surface area contributed by atoms with E-state index in [0.29, 0.717) is 27.8 Å². The van der Waals surface area contributed by atoms with Crippen molar-refractivity contribution in [2.24, 2.45) is 0 Å². The van der Waals surface area contributed by atoms with Crippen molar-refractivity contribution in [3.05, 3.63) is 136 Å². The number of hydrogen-bond donors (Lipinski definition) is 1. The first kappa shape index (κ1) is 24.1. The zero-order valence-electron chi connectivity index (χ0n) is 19.5. The largest absolute Gasteiger partial charge is 0.352 e. The molecule has 0 radical (unpaired) electrons. The third-order valence-corrected chi connectivity index (χ3v) is 6.84. The van der Waals surface area contributed by atoms with Crippen LogP contribution in [0.15, 0.2) is 109 Å². The summed E-state index contributed by atoms with van der Waals surface area (Å²) in [6.45, 7) is 0.529. The van der Waals surface area contributed by atoms with Crippen LogP contribution in [0.25, 0.3) is 22.2 Å². The van der Waals surface area contributed by atoms with Gasteiger partial charge in [-0.3, -0.25) is 4.79 Å². The Labute approximate surface area is 220 Å². The highest BCUT2D eigenvalue weighted by Crippen LogP contribution is 2.32. The Balaban J connectivity index is 1.42. The molecule has 3 nitrogen and oxygen atoms in total. The number of para-hydroxylation sites is 1. The predicted molar refractivity (Wildman–Crippen MR) is 149 cm³/mol. The molecule has 1 N–H and O–H groups in total. The molecule has 0 atom stereocenters. The SMILES string of the molecule is O=C(NCCC(c1ccccc1)c1ccccc1)c1cc(-c2ccc(Cl)cc2Cl)nc2ccccc12. The second-order valence-corrected chi connectivity index (χ2v) is 9.46. The standard InChI is InChI=1S/C31H24Cl2N2O/c32-23-15-16-26(28(33)19-23)30-20-27(25-13-7-8-14-29(25)35-30)31(36)34-18-17-24(21-9-3-1-4-10-21)22-11-5-2-6-12-22/h1-16,19-20,24H,17-18H2,(H,34,36). The van der Waals surface area contributed by atoms with Crippen molar-refractivity contribution in [1.29, 1.82) is 0 Å². The summed E-state index contributed by atoms with van der Waals surface area (Å²) in [5.41, 5.74) is 5.12. The Bertz CT molecular complexity index is 1460. The molecule has 0 aliphatic rings. The Morgan fingerprint density at radius 2 is 1.42 bits per heavy atom. The molecule has 1 heterocycles. The quantitative estimate of drug-likeness (QED) is 0.240. The number of nitrogens with one attached hydrogen (secondary N) is 1. The van der Waals surface area contributed by atoms with Gasteiger partial charge in [0.1, 0.15) is 0 Å². The summed E-state index contributed by atoms with van der Waals surface area (Å²) in [4.78, 5) is 18.2. The van der Waals surface area contributed by atoms with Crippen LogP contribution < -0.4 is 5.32 Å². The second kappa shape index (κ2) is 10.9. The number of carbonyl (C=O) groups is 1. The monoisotopic (exact) mass is 510 g/mol. The van der Waals surface area contributed by atoms with Crippen LogP contribution >= 0.6 is 23.2 Å². The zero-order valence-corrected chi connectivity index (χ0v) is 21.0. The van der Waals surface area contributed by atoms with Crippen LogP contribution in [-0.2, 0) is 0 Å². The lowest BCUT2D eigenvalue weighted by Gasteiger charge is -2.19. The van der Waals surface area contributed by atoms with Gasteiger partial charge in [-0.15, -0.1) is 0 Å². The minimum absolute atomic E-state index is 0.139. The van der Waals surface area contributed by atoms with E-state index < -0.39 is 0 Å². The molecule has 0 fully saturated rings. The molecule has 1 amide bonds. The minimum Gasteiger partial charge on any atom is -0.352 e. The van der Waals surface area contributed by atoms with Crippen molar-refractivity contribution in [2.75, 3.05) is 6.54 Å². The smallest absolute Gasteiger partial charge is 0.252 e. The lowest BCUT2D eigenvalue weighted by Crippen LogP contribution is -2.26. The molecular formula is C31H24Cl2N2O. The summed E-state index contributed by atoms with van der Waals surface area (Å²) in [6, 6.07) is 35.5. The van der Waals surface area contributed by atoms with Gasteiger partial charge in [-0.2, -0.15) is 0 Å². The van der Waals surface area contributed by atoms with Crippen LogP contribution in [0.4, 0.5) is 0 Å². The molecule has 5 aromatic rings. The van der Waals surface area contributed by atoms with Crippen molar-refractivity contribution < 1.29 is 4.79 Å². The van der Waals surface area contributed by atoms with Crippen LogP contribution in [0, 0.1) is 0 Å². The van der Waals surface area contributed by atoms with Gasteiger partial charge in [0.05, 0.1) is 21.8 Å². The molecule has 0 unspecified atom stereocenters. The Hall–Kier alpha value is -3.66. The maximum absolute atomic E-state index is 13.4. The summed E-state index contributed by atoms with van der Waals surface area (Å²) in [5, 5.41) is 4.98. The summed E-state index contributed by atoms with van der Waals surface area (Å²) < 4.78 is 0. The lowest BCUT2D eigenvalue weighted by atomic mass is 9.88. The fourth-order valence-electron chi connectivity index (χ4n) is 4.52. The number of rotatable bonds is 7. The van der Waals surface area contributed by atoms with E-state index in [1.165, 1.54) is 11.1 Å². The molecule has 0 bridgehead atoms. The number of amides is 1. The van der Waals surface area contributed by atoms with Gasteiger partial charge in [0, 0.05) is 28.4 Å². The number of carbonyl (C=O) groups excluding carboxylic acids is 1. The summed E-state index contributed by atoms with van der Waals surface area (Å²) in [5.74, 6) is 0.0464. The van der Waals surface area contributed by atoms with Crippen molar-refractivity contribution in [3.63, 3.8) is 0 Å². The van der Waals surface area contributed by atoms with E-state index in [2.05, 4.69) is 53.8 Å². The van der Waals surface area contributed by atoms with Crippen molar-refractivity contribution in [3.8, 4) is 11.3 Å². The van der Waals surface area contributed by atoms with E-state index in [4.69, 9.17) is 28.2 Å². The van der Waals surface area contributed by atoms with Crippen LogP contribution in [-0.4, -0.2) is 17.4 Å². The van der Waals surface area contributed by atoms with Gasteiger partial charge in [-0.25, -0.2) is 4.98 Å². The van der Waals surface area contributed by atoms with E-state index in [1.807, 2.05) is 42.5 Å². The van der Waals surface area contributed by atoms with Crippen LogP contribution in [0.1, 0.15) is 33.8 Å². The molecule has 4 aromatic carbocycles. The molecule has 0 aliphatic heterocycles. The predicted octanol–water partition coefficient (Wildman–Crippen LogP) is 8.16. The maximum Gasteiger partial charge on any atom is 0.252 e. The van der Waals surface area contributed by atoms with E-state index in [1.54, 1.807) is 18.2 Å². The van der Waals surface area contributed by atoms with E-state index in [-0.39, 0.29) is 11.8 Å². The molecule has 0 aliphatic carbocycles. The first-order valence-corrected chi connectivity index (χ1v) is 12.6. The fourth-order valence-corrected chi connectivity index (χ4v) is 5.03. The molecule has 178 valence electrons. The second-order valence-electron chi connectivity index (χ2n) is 8.61. The highest BCUT2D eigenvalue weighted by molar-refractivity contribution is 6.36. The zero-order chi connectivity index (χ0) is 24.9. The van der Waals surface area contributed by atoms with Gasteiger partial charge < -0.3 is 5.32 Å². The summed E-state index contributed by atoms with van der Waals surface area (Å²) in [7, 11) is 0. The topological polar surface area (TPSA) is 42.0 Å². The average molecular weight is 511 g/mol. The number of fused-ring (bicyclic) bond motifs is 1. The van der Waals surface area contributed by atoms with Gasteiger partial charge in [0.25, 0.3) is 5.91 Å². The van der Waals surface area contributed by atoms with Gasteiger partial charge in [0.15, 0.2) is 0 Å². The average Bonchev–Trinajstić information content (AvgIpc) is 2.91. The fraction of sp³-hybridized carbons (Fsp3) is 0.0968. The number of nitrogens with zero attached hydrogens (tertiary/aromatic N) is 1. The number of aromatic nitrogens is 1. The normalized spacial score (nSPS) is 11.1. The molecule has 5 heteroatoms. The highest BCUT2D eigenvalue weighted by atomic mass is 35.5. The molecular weight excluding hydrogens is 487 g/mol. The minimum atomic E-state index is -0.139. The van der Waals surface area contributed by atoms with E-state index >= 15 is 0 Å². The number of hydrogen-bond acceptors (Lipinski definition) is 2. The number of benzene rings is 4. The summed E-state index contributed by atoms with van der Waals surface area (Å²) in [6.07, 6.45) is 0.776. The molecule has 1 aromatic heterocycles. The third kappa shape index (κ3) is 5.28. The van der Waals surface area contributed by atoms with E-state index in [9.17, 15) is 4.79 Å². The van der Waals surface area contributed by atoms with Crippen molar-refractivity contribution in [1.82, 2.24) is 10.3 Å². The molecule has 0 saturated heterocycles.